The molecule has 2 aromatic heterocycles. The van der Waals surface area contributed by atoms with Crippen LogP contribution in [-0.4, -0.2) is 26.8 Å². The lowest BCUT2D eigenvalue weighted by Gasteiger charge is -2.13. The third-order valence-electron chi connectivity index (χ3n) is 5.41. The number of thioether (sulfide) groups is 1. The number of hydrogen-bond donors (Lipinski definition) is 0. The number of aromatic nitrogens is 4. The Labute approximate surface area is 200 Å². The molecule has 0 aliphatic rings. The minimum Gasteiger partial charge on any atom is -0.497 e. The van der Waals surface area contributed by atoms with Crippen LogP contribution in [0.3, 0.4) is 0 Å². The van der Waals surface area contributed by atoms with E-state index in [2.05, 4.69) is 10.1 Å². The second-order valence-corrected chi connectivity index (χ2v) is 8.76. The van der Waals surface area contributed by atoms with Crippen LogP contribution in [-0.2, 0) is 12.3 Å². The van der Waals surface area contributed by atoms with Crippen molar-refractivity contribution in [2.75, 3.05) is 7.11 Å². The van der Waals surface area contributed by atoms with Crippen molar-refractivity contribution in [1.29, 1.82) is 0 Å². The first-order valence-corrected chi connectivity index (χ1v) is 11.7. The van der Waals surface area contributed by atoms with Gasteiger partial charge in [0.05, 0.1) is 30.3 Å². The zero-order valence-corrected chi connectivity index (χ0v) is 19.6. The molecule has 3 aromatic carbocycles. The molecule has 0 N–H and O–H groups in total. The molecule has 5 aromatic rings. The highest BCUT2D eigenvalue weighted by Crippen LogP contribution is 2.25. The largest absolute Gasteiger partial charge is 0.497 e. The summed E-state index contributed by atoms with van der Waals surface area (Å²) in [6.07, 6.45) is 0. The third-order valence-corrected chi connectivity index (χ3v) is 6.37. The van der Waals surface area contributed by atoms with Crippen LogP contribution in [0.1, 0.15) is 17.0 Å². The molecule has 0 aliphatic carbocycles. The molecule has 0 atom stereocenters. The number of para-hydroxylation sites is 1. The summed E-state index contributed by atoms with van der Waals surface area (Å²) in [5, 5.41) is 5.29. The molecule has 0 aliphatic heterocycles. The Balaban J connectivity index is 1.44. The van der Waals surface area contributed by atoms with Gasteiger partial charge in [-0.05, 0) is 36.8 Å². The second-order valence-electron chi connectivity index (χ2n) is 7.82. The van der Waals surface area contributed by atoms with Crippen molar-refractivity contribution < 1.29 is 9.26 Å². The van der Waals surface area contributed by atoms with Gasteiger partial charge in [-0.25, -0.2) is 4.98 Å². The number of rotatable bonds is 7. The number of aryl methyl sites for hydroxylation is 1. The molecule has 0 amide bonds. The van der Waals surface area contributed by atoms with E-state index >= 15 is 0 Å². The summed E-state index contributed by atoms with van der Waals surface area (Å²) in [5.74, 6) is 2.04. The summed E-state index contributed by atoms with van der Waals surface area (Å²) >= 11 is 1.40. The van der Waals surface area contributed by atoms with Crippen LogP contribution in [0, 0.1) is 6.92 Å². The molecule has 8 heteroatoms. The maximum Gasteiger partial charge on any atom is 0.262 e. The van der Waals surface area contributed by atoms with E-state index in [4.69, 9.17) is 14.2 Å². The van der Waals surface area contributed by atoms with Gasteiger partial charge in [-0.1, -0.05) is 71.0 Å². The molecular weight excluding hydrogens is 448 g/mol. The first-order valence-electron chi connectivity index (χ1n) is 10.8. The van der Waals surface area contributed by atoms with Crippen molar-refractivity contribution in [3.63, 3.8) is 0 Å². The monoisotopic (exact) mass is 470 g/mol. The van der Waals surface area contributed by atoms with Gasteiger partial charge in [0.25, 0.3) is 5.56 Å². The standard InChI is InChI=1S/C26H22N4O3S/c1-17-10-12-18(13-11-17)15-30-25(31)21-8-3-4-9-22(21)27-26(30)34-16-23-28-24(29-33-23)19-6-5-7-20(14-19)32-2/h3-14H,15-16H2,1-2H3. The molecule has 7 nitrogen and oxygen atoms in total. The van der Waals surface area contributed by atoms with Crippen molar-refractivity contribution in [2.45, 2.75) is 24.4 Å². The maximum atomic E-state index is 13.3. The van der Waals surface area contributed by atoms with Crippen LogP contribution in [0.2, 0.25) is 0 Å². The summed E-state index contributed by atoms with van der Waals surface area (Å²) in [6, 6.07) is 23.0. The van der Waals surface area contributed by atoms with E-state index in [1.807, 2.05) is 79.7 Å². The van der Waals surface area contributed by atoms with E-state index < -0.39 is 0 Å². The molecule has 0 bridgehead atoms. The van der Waals surface area contributed by atoms with Crippen molar-refractivity contribution in [3.8, 4) is 17.1 Å². The van der Waals surface area contributed by atoms with Crippen LogP contribution >= 0.6 is 11.8 Å². The SMILES string of the molecule is COc1cccc(-c2noc(CSc3nc4ccccc4c(=O)n3Cc3ccc(C)cc3)n2)c1. The van der Waals surface area contributed by atoms with Crippen LogP contribution in [0.25, 0.3) is 22.3 Å². The Bertz CT molecular complexity index is 1510. The molecule has 5 rings (SSSR count). The molecule has 0 saturated carbocycles. The van der Waals surface area contributed by atoms with E-state index in [-0.39, 0.29) is 5.56 Å². The Morgan fingerprint density at radius 3 is 2.65 bits per heavy atom. The number of nitrogens with zero attached hydrogens (tertiary/aromatic N) is 4. The zero-order chi connectivity index (χ0) is 23.5. The molecule has 0 unspecified atom stereocenters. The van der Waals surface area contributed by atoms with Gasteiger partial charge in [-0.3, -0.25) is 9.36 Å². The maximum absolute atomic E-state index is 13.3. The molecular formula is C26H22N4O3S. The van der Waals surface area contributed by atoms with Crippen LogP contribution in [0.15, 0.2) is 87.3 Å². The fraction of sp³-hybridized carbons (Fsp3) is 0.154. The predicted molar refractivity (Wildman–Crippen MR) is 132 cm³/mol. The number of ether oxygens (including phenoxy) is 1. The van der Waals surface area contributed by atoms with Crippen molar-refractivity contribution >= 4 is 22.7 Å². The van der Waals surface area contributed by atoms with Gasteiger partial charge in [-0.2, -0.15) is 4.98 Å². The first kappa shape index (κ1) is 21.9. The Morgan fingerprint density at radius 2 is 1.82 bits per heavy atom. The summed E-state index contributed by atoms with van der Waals surface area (Å²) in [5.41, 5.74) is 3.60. The molecule has 34 heavy (non-hydrogen) atoms. The Hall–Kier alpha value is -3.91. The van der Waals surface area contributed by atoms with Gasteiger partial charge in [0, 0.05) is 5.56 Å². The van der Waals surface area contributed by atoms with Gasteiger partial charge in [0.15, 0.2) is 5.16 Å². The topological polar surface area (TPSA) is 83.0 Å². The molecule has 0 fully saturated rings. The zero-order valence-electron chi connectivity index (χ0n) is 18.8. The lowest BCUT2D eigenvalue weighted by atomic mass is 10.1. The van der Waals surface area contributed by atoms with E-state index in [1.54, 1.807) is 11.7 Å². The van der Waals surface area contributed by atoms with Gasteiger partial charge in [0.2, 0.25) is 11.7 Å². The van der Waals surface area contributed by atoms with Crippen LogP contribution < -0.4 is 10.3 Å². The third kappa shape index (κ3) is 4.58. The minimum atomic E-state index is -0.0729. The van der Waals surface area contributed by atoms with Crippen molar-refractivity contribution in [2.24, 2.45) is 0 Å². The molecule has 170 valence electrons. The van der Waals surface area contributed by atoms with Gasteiger partial charge < -0.3 is 9.26 Å². The smallest absolute Gasteiger partial charge is 0.262 e. The summed E-state index contributed by atoms with van der Waals surface area (Å²) < 4.78 is 12.4. The highest BCUT2D eigenvalue weighted by atomic mass is 32.2. The van der Waals surface area contributed by atoms with E-state index in [1.165, 1.54) is 17.3 Å². The summed E-state index contributed by atoms with van der Waals surface area (Å²) in [6.45, 7) is 2.47. The fourth-order valence-electron chi connectivity index (χ4n) is 3.59. The van der Waals surface area contributed by atoms with Crippen molar-refractivity contribution in [1.82, 2.24) is 19.7 Å². The number of benzene rings is 3. The fourth-order valence-corrected chi connectivity index (χ4v) is 4.43. The van der Waals surface area contributed by atoms with Gasteiger partial charge >= 0.3 is 0 Å². The van der Waals surface area contributed by atoms with Crippen LogP contribution in [0.5, 0.6) is 5.75 Å². The van der Waals surface area contributed by atoms with E-state index in [0.29, 0.717) is 40.1 Å². The number of methoxy groups -OCH3 is 1. The summed E-state index contributed by atoms with van der Waals surface area (Å²) in [7, 11) is 1.62. The normalized spacial score (nSPS) is 11.1. The highest BCUT2D eigenvalue weighted by Gasteiger charge is 2.15. The molecule has 2 heterocycles. The highest BCUT2D eigenvalue weighted by molar-refractivity contribution is 7.98. The van der Waals surface area contributed by atoms with Gasteiger partial charge in [-0.15, -0.1) is 0 Å². The number of fused-ring (bicyclic) bond motifs is 1. The lowest BCUT2D eigenvalue weighted by molar-refractivity contribution is 0.391. The van der Waals surface area contributed by atoms with Crippen LogP contribution in [0.4, 0.5) is 0 Å². The predicted octanol–water partition coefficient (Wildman–Crippen LogP) is 5.10. The van der Waals surface area contributed by atoms with E-state index in [0.717, 1.165) is 16.9 Å². The lowest BCUT2D eigenvalue weighted by Crippen LogP contribution is -2.24. The Kier molecular flexibility index (Phi) is 6.14. The molecule has 0 spiro atoms. The first-order chi connectivity index (χ1) is 16.6. The minimum absolute atomic E-state index is 0.0729. The average Bonchev–Trinajstić information content (AvgIpc) is 3.35. The van der Waals surface area contributed by atoms with Crippen molar-refractivity contribution in [3.05, 3.63) is 100 Å². The average molecular weight is 471 g/mol. The molecule has 0 radical (unpaired) electrons. The number of hydrogen-bond acceptors (Lipinski definition) is 7. The second kappa shape index (κ2) is 9.52. The quantitative estimate of drug-likeness (QED) is 0.242. The Morgan fingerprint density at radius 1 is 1.00 bits per heavy atom. The van der Waals surface area contributed by atoms with Gasteiger partial charge in [0.1, 0.15) is 5.75 Å². The molecule has 0 saturated heterocycles. The van der Waals surface area contributed by atoms with E-state index in [9.17, 15) is 4.79 Å². The summed E-state index contributed by atoms with van der Waals surface area (Å²) in [4.78, 5) is 22.6.